The highest BCUT2D eigenvalue weighted by Crippen LogP contribution is 2.41. The molecule has 3 heteroatoms. The van der Waals surface area contributed by atoms with Gasteiger partial charge in [0.2, 0.25) is 0 Å². The summed E-state index contributed by atoms with van der Waals surface area (Å²) in [6, 6.07) is 61.6. The quantitative estimate of drug-likeness (QED) is 0.189. The molecule has 0 fully saturated rings. The highest BCUT2D eigenvalue weighted by molar-refractivity contribution is 6.24. The predicted octanol–water partition coefficient (Wildman–Crippen LogP) is 11.4. The van der Waals surface area contributed by atoms with Crippen molar-refractivity contribution >= 4 is 59.9 Å². The Morgan fingerprint density at radius 3 is 1.86 bits per heavy atom. The molecule has 232 valence electrons. The molecule has 0 aliphatic carbocycles. The number of rotatable bonds is 5. The molecular weight excluding hydrogens is 595 g/mol. The van der Waals surface area contributed by atoms with Crippen molar-refractivity contribution in [3.05, 3.63) is 181 Å². The standard InChI is InChI=1S/C46H33N3/c47-40(32-11-2-1-3-12-32)27-30-21-23-31(24-22-30)33-13-10-14-34(28-33)48-42-20-9-7-18-38(42)46-39-29-45-37-17-5-4-15-35(37)36-16-6-8-19-41(36)49(45)43(39)25-26-44(46)48/h1-26,28-29,40H,27,47H2. The van der Waals surface area contributed by atoms with Gasteiger partial charge in [0.15, 0.2) is 0 Å². The fourth-order valence-corrected chi connectivity index (χ4v) is 8.05. The van der Waals surface area contributed by atoms with Gasteiger partial charge in [-0.3, -0.25) is 0 Å². The summed E-state index contributed by atoms with van der Waals surface area (Å²) in [5, 5.41) is 7.65. The Morgan fingerprint density at radius 2 is 1.06 bits per heavy atom. The Labute approximate surface area is 284 Å². The number of fused-ring (bicyclic) bond motifs is 12. The molecule has 1 unspecified atom stereocenters. The molecular formula is C46H33N3. The third kappa shape index (κ3) is 4.33. The van der Waals surface area contributed by atoms with Crippen molar-refractivity contribution in [1.29, 1.82) is 0 Å². The number of benzene rings is 7. The highest BCUT2D eigenvalue weighted by atomic mass is 15.0. The molecule has 3 heterocycles. The first kappa shape index (κ1) is 27.9. The first-order valence-corrected chi connectivity index (χ1v) is 17.0. The summed E-state index contributed by atoms with van der Waals surface area (Å²) in [5.41, 5.74) is 18.6. The first-order valence-electron chi connectivity index (χ1n) is 17.0. The molecule has 10 aromatic rings. The minimum atomic E-state index is -0.0204. The second-order valence-electron chi connectivity index (χ2n) is 13.1. The third-order valence-electron chi connectivity index (χ3n) is 10.3. The van der Waals surface area contributed by atoms with Gasteiger partial charge in [-0.2, -0.15) is 0 Å². The lowest BCUT2D eigenvalue weighted by Crippen LogP contribution is -2.13. The van der Waals surface area contributed by atoms with Gasteiger partial charge in [0.25, 0.3) is 0 Å². The normalized spacial score (nSPS) is 12.6. The van der Waals surface area contributed by atoms with Gasteiger partial charge in [0.05, 0.1) is 27.6 Å². The van der Waals surface area contributed by atoms with Crippen LogP contribution >= 0.6 is 0 Å². The van der Waals surface area contributed by atoms with Crippen molar-refractivity contribution in [2.75, 3.05) is 0 Å². The second-order valence-corrected chi connectivity index (χ2v) is 13.1. The van der Waals surface area contributed by atoms with Gasteiger partial charge >= 0.3 is 0 Å². The van der Waals surface area contributed by atoms with Crippen LogP contribution in [-0.4, -0.2) is 8.97 Å². The molecule has 3 nitrogen and oxygen atoms in total. The third-order valence-corrected chi connectivity index (χ3v) is 10.3. The summed E-state index contributed by atoms with van der Waals surface area (Å²) in [6.07, 6.45) is 0.806. The molecule has 3 aromatic heterocycles. The lowest BCUT2D eigenvalue weighted by atomic mass is 9.97. The van der Waals surface area contributed by atoms with Crippen LogP contribution in [0.25, 0.3) is 76.7 Å². The van der Waals surface area contributed by atoms with Crippen molar-refractivity contribution in [1.82, 2.24) is 8.97 Å². The van der Waals surface area contributed by atoms with Crippen molar-refractivity contribution in [2.24, 2.45) is 5.73 Å². The Morgan fingerprint density at radius 1 is 0.429 bits per heavy atom. The van der Waals surface area contributed by atoms with Crippen LogP contribution < -0.4 is 5.73 Å². The van der Waals surface area contributed by atoms with Crippen molar-refractivity contribution in [3.8, 4) is 16.8 Å². The zero-order valence-electron chi connectivity index (χ0n) is 26.9. The van der Waals surface area contributed by atoms with Gasteiger partial charge in [-0.05, 0) is 76.5 Å². The zero-order valence-corrected chi connectivity index (χ0v) is 26.9. The van der Waals surface area contributed by atoms with Crippen molar-refractivity contribution in [3.63, 3.8) is 0 Å². The number of hydrogen-bond donors (Lipinski definition) is 1. The number of para-hydroxylation sites is 2. The van der Waals surface area contributed by atoms with Crippen LogP contribution in [-0.2, 0) is 6.42 Å². The molecule has 0 aliphatic heterocycles. The Bertz CT molecular complexity index is 2860. The second kappa shape index (κ2) is 10.9. The maximum absolute atomic E-state index is 6.54. The fourth-order valence-electron chi connectivity index (χ4n) is 8.05. The van der Waals surface area contributed by atoms with Crippen LogP contribution in [0.1, 0.15) is 17.2 Å². The van der Waals surface area contributed by atoms with E-state index in [1.165, 1.54) is 76.6 Å². The minimum absolute atomic E-state index is 0.0204. The molecule has 7 aromatic carbocycles. The van der Waals surface area contributed by atoms with E-state index in [2.05, 4.69) is 173 Å². The molecule has 49 heavy (non-hydrogen) atoms. The maximum Gasteiger partial charge on any atom is 0.0548 e. The Kier molecular flexibility index (Phi) is 6.23. The Hall–Kier alpha value is -6.16. The van der Waals surface area contributed by atoms with Gasteiger partial charge in [-0.1, -0.05) is 127 Å². The van der Waals surface area contributed by atoms with Gasteiger partial charge in [-0.15, -0.1) is 0 Å². The van der Waals surface area contributed by atoms with E-state index < -0.39 is 0 Å². The van der Waals surface area contributed by atoms with E-state index in [4.69, 9.17) is 5.73 Å². The lowest BCUT2D eigenvalue weighted by Gasteiger charge is -2.13. The number of nitrogens with zero attached hydrogens (tertiary/aromatic N) is 2. The molecule has 1 atom stereocenters. The predicted molar refractivity (Wildman–Crippen MR) is 207 cm³/mol. The largest absolute Gasteiger partial charge is 0.324 e. The van der Waals surface area contributed by atoms with Crippen LogP contribution in [0, 0.1) is 0 Å². The summed E-state index contributed by atoms with van der Waals surface area (Å²) in [5.74, 6) is 0. The van der Waals surface area contributed by atoms with Crippen LogP contribution in [0.15, 0.2) is 170 Å². The number of nitrogens with two attached hydrogens (primary N) is 1. The van der Waals surface area contributed by atoms with E-state index in [9.17, 15) is 0 Å². The van der Waals surface area contributed by atoms with Crippen LogP contribution in [0.2, 0.25) is 0 Å². The molecule has 0 aliphatic rings. The van der Waals surface area contributed by atoms with Crippen LogP contribution in [0.3, 0.4) is 0 Å². The molecule has 0 bridgehead atoms. The summed E-state index contributed by atoms with van der Waals surface area (Å²) in [4.78, 5) is 0. The van der Waals surface area contributed by atoms with Crippen LogP contribution in [0.4, 0.5) is 0 Å². The van der Waals surface area contributed by atoms with E-state index >= 15 is 0 Å². The smallest absolute Gasteiger partial charge is 0.0548 e. The first-order chi connectivity index (χ1) is 24.2. The molecule has 0 saturated heterocycles. The van der Waals surface area contributed by atoms with E-state index in [1.807, 2.05) is 6.07 Å². The molecule has 10 rings (SSSR count). The number of pyridine rings is 1. The van der Waals surface area contributed by atoms with Gasteiger partial charge in [0.1, 0.15) is 0 Å². The Balaban J connectivity index is 1.13. The topological polar surface area (TPSA) is 35.4 Å². The lowest BCUT2D eigenvalue weighted by molar-refractivity contribution is 0.722. The van der Waals surface area contributed by atoms with E-state index in [0.29, 0.717) is 0 Å². The van der Waals surface area contributed by atoms with Crippen LogP contribution in [0.5, 0.6) is 0 Å². The molecule has 0 saturated carbocycles. The SMILES string of the molecule is NC(Cc1ccc(-c2cccc(-n3c4ccccc4c4c5cc6c7ccccc7c7ccccc7n6c5ccc43)c2)cc1)c1ccccc1. The van der Waals surface area contributed by atoms with Gasteiger partial charge in [0, 0.05) is 38.7 Å². The average Bonchev–Trinajstić information content (AvgIpc) is 3.72. The fraction of sp³-hybridized carbons (Fsp3) is 0.0435. The average molecular weight is 628 g/mol. The summed E-state index contributed by atoms with van der Waals surface area (Å²) >= 11 is 0. The number of hydrogen-bond acceptors (Lipinski definition) is 1. The molecule has 2 N–H and O–H groups in total. The monoisotopic (exact) mass is 627 g/mol. The summed E-state index contributed by atoms with van der Waals surface area (Å²) in [7, 11) is 0. The van der Waals surface area contributed by atoms with E-state index in [1.54, 1.807) is 0 Å². The molecule has 0 spiro atoms. The van der Waals surface area contributed by atoms with E-state index in [0.717, 1.165) is 17.7 Å². The zero-order chi connectivity index (χ0) is 32.5. The molecule has 0 amide bonds. The molecule has 0 radical (unpaired) electrons. The minimum Gasteiger partial charge on any atom is -0.324 e. The van der Waals surface area contributed by atoms with Crippen molar-refractivity contribution < 1.29 is 0 Å². The van der Waals surface area contributed by atoms with Crippen molar-refractivity contribution in [2.45, 2.75) is 12.5 Å². The highest BCUT2D eigenvalue weighted by Gasteiger charge is 2.19. The maximum atomic E-state index is 6.54. The van der Waals surface area contributed by atoms with E-state index in [-0.39, 0.29) is 6.04 Å². The van der Waals surface area contributed by atoms with Gasteiger partial charge in [-0.25, -0.2) is 0 Å². The van der Waals surface area contributed by atoms with Gasteiger partial charge < -0.3 is 14.7 Å². The summed E-state index contributed by atoms with van der Waals surface area (Å²) in [6.45, 7) is 0. The summed E-state index contributed by atoms with van der Waals surface area (Å²) < 4.78 is 4.88. The number of aromatic nitrogens is 2.